The van der Waals surface area contributed by atoms with Gasteiger partial charge in [-0.3, -0.25) is 4.79 Å². The molecule has 0 amide bonds. The highest BCUT2D eigenvalue weighted by atomic mass is 35.5. The summed E-state index contributed by atoms with van der Waals surface area (Å²) in [6.07, 6.45) is 2.80. The maximum Gasteiger partial charge on any atom is 0.357 e. The van der Waals surface area contributed by atoms with Gasteiger partial charge in [0.1, 0.15) is 23.1 Å². The number of nitrogens with zero attached hydrogens (tertiary/aromatic N) is 3. The fraction of sp³-hybridized carbons (Fsp3) is 0.0476. The van der Waals surface area contributed by atoms with Gasteiger partial charge in [-0.25, -0.2) is 4.79 Å². The molecule has 2 aromatic carbocycles. The average molecular weight is 442 g/mol. The van der Waals surface area contributed by atoms with Crippen LogP contribution in [0.25, 0.3) is 17.8 Å². The van der Waals surface area contributed by atoms with Crippen LogP contribution in [0.2, 0.25) is 10.0 Å². The Morgan fingerprint density at radius 1 is 1.23 bits per heavy atom. The molecule has 0 aliphatic heterocycles. The molecule has 30 heavy (non-hydrogen) atoms. The Labute approximate surface area is 181 Å². The van der Waals surface area contributed by atoms with Gasteiger partial charge in [0.2, 0.25) is 0 Å². The normalized spacial score (nSPS) is 10.7. The highest BCUT2D eigenvalue weighted by Crippen LogP contribution is 2.25. The summed E-state index contributed by atoms with van der Waals surface area (Å²) in [6, 6.07) is 13.0. The number of para-hydroxylation sites is 2. The van der Waals surface area contributed by atoms with Gasteiger partial charge in [-0.2, -0.15) is 15.0 Å². The number of hydrogen-bond acceptors (Lipinski definition) is 5. The molecule has 0 unspecified atom stereocenters. The Morgan fingerprint density at radius 2 is 1.97 bits per heavy atom. The van der Waals surface area contributed by atoms with Crippen LogP contribution in [0.3, 0.4) is 0 Å². The van der Waals surface area contributed by atoms with E-state index in [-0.39, 0.29) is 16.8 Å². The maximum atomic E-state index is 12.9. The second-order valence-corrected chi connectivity index (χ2v) is 6.79. The van der Waals surface area contributed by atoms with Crippen LogP contribution in [0, 0.1) is 11.3 Å². The largest absolute Gasteiger partial charge is 0.494 e. The zero-order valence-electron chi connectivity index (χ0n) is 15.5. The highest BCUT2D eigenvalue weighted by Gasteiger charge is 2.22. The first-order valence-electron chi connectivity index (χ1n) is 8.44. The third-order valence-corrected chi connectivity index (χ3v) is 4.71. The number of carbonyl (C=O) groups is 1. The molecule has 0 saturated heterocycles. The SMILES string of the molecule is COc1ccccc1-n1nc(C(=O)O)c(/C=C\c2ccc(Cl)cc2Cl)c(C#N)c1=O. The third-order valence-electron chi connectivity index (χ3n) is 4.15. The molecule has 0 saturated carbocycles. The van der Waals surface area contributed by atoms with Gasteiger partial charge in [0, 0.05) is 15.6 Å². The number of carboxylic acid groups (broad SMARTS) is 1. The van der Waals surface area contributed by atoms with Gasteiger partial charge in [0.05, 0.1) is 7.11 Å². The lowest BCUT2D eigenvalue weighted by Crippen LogP contribution is -2.28. The molecule has 0 spiro atoms. The van der Waals surface area contributed by atoms with Crippen molar-refractivity contribution in [3.8, 4) is 17.5 Å². The second-order valence-electron chi connectivity index (χ2n) is 5.94. The van der Waals surface area contributed by atoms with Gasteiger partial charge >= 0.3 is 5.97 Å². The Kier molecular flexibility index (Phi) is 6.21. The van der Waals surface area contributed by atoms with Crippen molar-refractivity contribution in [2.45, 2.75) is 0 Å². The van der Waals surface area contributed by atoms with Gasteiger partial charge in [-0.1, -0.05) is 53.6 Å². The summed E-state index contributed by atoms with van der Waals surface area (Å²) in [5.41, 5.74) is -1.04. The van der Waals surface area contributed by atoms with Crippen molar-refractivity contribution in [2.24, 2.45) is 0 Å². The molecule has 1 aromatic heterocycles. The number of aromatic nitrogens is 2. The Bertz CT molecular complexity index is 1280. The topological polar surface area (TPSA) is 105 Å². The van der Waals surface area contributed by atoms with E-state index in [2.05, 4.69) is 5.10 Å². The summed E-state index contributed by atoms with van der Waals surface area (Å²) in [5, 5.41) is 24.0. The van der Waals surface area contributed by atoms with E-state index in [9.17, 15) is 20.0 Å². The molecule has 0 atom stereocenters. The van der Waals surface area contributed by atoms with E-state index in [4.69, 9.17) is 27.9 Å². The van der Waals surface area contributed by atoms with Gasteiger partial charge in [-0.05, 0) is 29.8 Å². The number of halogens is 2. The zero-order valence-corrected chi connectivity index (χ0v) is 17.0. The fourth-order valence-corrected chi connectivity index (χ4v) is 3.22. The van der Waals surface area contributed by atoms with Crippen molar-refractivity contribution >= 4 is 41.3 Å². The summed E-state index contributed by atoms with van der Waals surface area (Å²) < 4.78 is 6.06. The average Bonchev–Trinajstić information content (AvgIpc) is 2.73. The first-order valence-corrected chi connectivity index (χ1v) is 9.20. The number of aromatic carboxylic acids is 1. The van der Waals surface area contributed by atoms with E-state index in [1.54, 1.807) is 36.4 Å². The molecule has 0 bridgehead atoms. The van der Waals surface area contributed by atoms with Crippen molar-refractivity contribution in [2.75, 3.05) is 7.11 Å². The molecule has 0 radical (unpaired) electrons. The van der Waals surface area contributed by atoms with E-state index in [0.717, 1.165) is 4.68 Å². The van der Waals surface area contributed by atoms with Gasteiger partial charge in [0.15, 0.2) is 5.69 Å². The molecule has 1 heterocycles. The van der Waals surface area contributed by atoms with Crippen molar-refractivity contribution in [1.82, 2.24) is 9.78 Å². The Hall–Kier alpha value is -3.60. The summed E-state index contributed by atoms with van der Waals surface area (Å²) in [7, 11) is 1.40. The summed E-state index contributed by atoms with van der Waals surface area (Å²) >= 11 is 12.0. The standard InChI is InChI=1S/C21H13Cl2N3O4/c1-30-18-5-3-2-4-17(18)26-20(27)15(11-24)14(19(25-26)21(28)29)9-7-12-6-8-13(22)10-16(12)23/h2-10H,1H3,(H,28,29)/b9-7-. The number of hydrogen-bond donors (Lipinski definition) is 1. The summed E-state index contributed by atoms with van der Waals surface area (Å²) in [5.74, 6) is -1.11. The van der Waals surface area contributed by atoms with E-state index in [1.165, 1.54) is 31.4 Å². The van der Waals surface area contributed by atoms with Crippen LogP contribution < -0.4 is 10.3 Å². The molecule has 1 N–H and O–H groups in total. The molecule has 0 aliphatic carbocycles. The van der Waals surface area contributed by atoms with E-state index < -0.39 is 17.2 Å². The number of nitriles is 1. The highest BCUT2D eigenvalue weighted by molar-refractivity contribution is 6.35. The predicted molar refractivity (Wildman–Crippen MR) is 113 cm³/mol. The number of benzene rings is 2. The van der Waals surface area contributed by atoms with Crippen LogP contribution in [0.4, 0.5) is 0 Å². The Morgan fingerprint density at radius 3 is 2.60 bits per heavy atom. The maximum absolute atomic E-state index is 12.9. The monoisotopic (exact) mass is 441 g/mol. The summed E-state index contributed by atoms with van der Waals surface area (Å²) in [4.78, 5) is 24.8. The van der Waals surface area contributed by atoms with Crippen LogP contribution >= 0.6 is 23.2 Å². The summed E-state index contributed by atoms with van der Waals surface area (Å²) in [6.45, 7) is 0. The number of ether oxygens (including phenoxy) is 1. The molecular formula is C21H13Cl2N3O4. The molecule has 0 aliphatic rings. The van der Waals surface area contributed by atoms with Crippen molar-refractivity contribution in [3.63, 3.8) is 0 Å². The minimum atomic E-state index is -1.41. The fourth-order valence-electron chi connectivity index (χ4n) is 2.74. The minimum absolute atomic E-state index is 0.132. The first kappa shape index (κ1) is 21.1. The van der Waals surface area contributed by atoms with Crippen LogP contribution in [0.5, 0.6) is 5.75 Å². The van der Waals surface area contributed by atoms with E-state index in [0.29, 0.717) is 21.4 Å². The quantitative estimate of drug-likeness (QED) is 0.632. The number of carboxylic acids is 1. The zero-order chi connectivity index (χ0) is 21.8. The van der Waals surface area contributed by atoms with E-state index >= 15 is 0 Å². The number of rotatable bonds is 5. The first-order chi connectivity index (χ1) is 14.4. The number of methoxy groups -OCH3 is 1. The van der Waals surface area contributed by atoms with E-state index in [1.807, 2.05) is 0 Å². The van der Waals surface area contributed by atoms with Crippen LogP contribution in [0.1, 0.15) is 27.2 Å². The lowest BCUT2D eigenvalue weighted by atomic mass is 10.1. The lowest BCUT2D eigenvalue weighted by molar-refractivity contribution is 0.0688. The van der Waals surface area contributed by atoms with Gasteiger partial charge in [0.25, 0.3) is 5.56 Å². The van der Waals surface area contributed by atoms with Crippen molar-refractivity contribution in [3.05, 3.63) is 85.2 Å². The van der Waals surface area contributed by atoms with Gasteiger partial charge < -0.3 is 9.84 Å². The molecule has 7 nitrogen and oxygen atoms in total. The third kappa shape index (κ3) is 4.06. The van der Waals surface area contributed by atoms with Crippen LogP contribution in [-0.4, -0.2) is 28.0 Å². The molecule has 3 aromatic rings. The van der Waals surface area contributed by atoms with Crippen LogP contribution in [0.15, 0.2) is 47.3 Å². The second kappa shape index (κ2) is 8.82. The molecule has 3 rings (SSSR count). The molecule has 0 fully saturated rings. The lowest BCUT2D eigenvalue weighted by Gasteiger charge is -2.12. The molecule has 9 heteroatoms. The van der Waals surface area contributed by atoms with Crippen molar-refractivity contribution in [1.29, 1.82) is 5.26 Å². The van der Waals surface area contributed by atoms with Crippen LogP contribution in [-0.2, 0) is 0 Å². The minimum Gasteiger partial charge on any atom is -0.494 e. The van der Waals surface area contributed by atoms with Crippen molar-refractivity contribution < 1.29 is 14.6 Å². The van der Waals surface area contributed by atoms with Gasteiger partial charge in [-0.15, -0.1) is 0 Å². The Balaban J connectivity index is 2.25. The molecular weight excluding hydrogens is 429 g/mol. The predicted octanol–water partition coefficient (Wildman–Crippen LogP) is 4.29. The smallest absolute Gasteiger partial charge is 0.357 e. The molecule has 150 valence electrons.